The minimum Gasteiger partial charge on any atom is -0.376 e. The van der Waals surface area contributed by atoms with Crippen LogP contribution in [0.15, 0.2) is 10.5 Å². The summed E-state index contributed by atoms with van der Waals surface area (Å²) >= 11 is 13.7. The van der Waals surface area contributed by atoms with E-state index in [2.05, 4.69) is 33.5 Å². The number of anilines is 1. The van der Waals surface area contributed by atoms with Crippen molar-refractivity contribution in [2.45, 2.75) is 6.92 Å². The van der Waals surface area contributed by atoms with Gasteiger partial charge in [-0.2, -0.15) is 0 Å². The van der Waals surface area contributed by atoms with E-state index >= 15 is 0 Å². The lowest BCUT2D eigenvalue weighted by molar-refractivity contribution is 0.617. The largest absolute Gasteiger partial charge is 0.376 e. The number of halogens is 3. The summed E-state index contributed by atoms with van der Waals surface area (Å²) in [6.45, 7) is 1.63. The Bertz CT molecular complexity index is 397. The molecule has 0 saturated carbocycles. The maximum atomic E-state index is 13.2. The van der Waals surface area contributed by atoms with E-state index in [1.54, 1.807) is 6.92 Å². The predicted molar refractivity (Wildman–Crippen MR) is 64.3 cm³/mol. The number of rotatable bonds is 1. The van der Waals surface area contributed by atoms with Gasteiger partial charge in [-0.05, 0) is 41.1 Å². The molecule has 0 unspecified atom stereocenters. The maximum Gasteiger partial charge on any atom is 0.168 e. The second-order valence-corrected chi connectivity index (χ2v) is 4.28. The van der Waals surface area contributed by atoms with Crippen molar-refractivity contribution in [3.63, 3.8) is 0 Å². The smallest absolute Gasteiger partial charge is 0.168 e. The van der Waals surface area contributed by atoms with E-state index in [1.165, 1.54) is 6.07 Å². The monoisotopic (exact) mass is 296 g/mol. The van der Waals surface area contributed by atoms with E-state index in [9.17, 15) is 4.39 Å². The van der Waals surface area contributed by atoms with Crippen molar-refractivity contribution in [1.82, 2.24) is 0 Å². The molecular formula is C8H7BrClFN2S. The first kappa shape index (κ1) is 11.7. The molecule has 0 saturated heterocycles. The number of hydrogen-bond acceptors (Lipinski definition) is 1. The van der Waals surface area contributed by atoms with Gasteiger partial charge in [0, 0.05) is 10.0 Å². The zero-order valence-corrected chi connectivity index (χ0v) is 10.4. The number of nitrogens with one attached hydrogen (secondary N) is 1. The molecule has 0 aliphatic carbocycles. The summed E-state index contributed by atoms with van der Waals surface area (Å²) in [6, 6.07) is 1.21. The molecule has 1 aromatic carbocycles. The van der Waals surface area contributed by atoms with Gasteiger partial charge >= 0.3 is 0 Å². The van der Waals surface area contributed by atoms with E-state index in [4.69, 9.17) is 17.3 Å². The second kappa shape index (κ2) is 4.42. The van der Waals surface area contributed by atoms with E-state index < -0.39 is 0 Å². The van der Waals surface area contributed by atoms with Crippen molar-refractivity contribution >= 4 is 50.5 Å². The molecule has 0 aliphatic rings. The molecule has 0 amide bonds. The number of benzene rings is 1. The van der Waals surface area contributed by atoms with E-state index in [1.807, 2.05) is 0 Å². The van der Waals surface area contributed by atoms with Crippen LogP contribution in [0.2, 0.25) is 5.02 Å². The first-order valence-electron chi connectivity index (χ1n) is 3.64. The Balaban J connectivity index is 3.29. The Kier molecular flexibility index (Phi) is 3.69. The molecular weight excluding hydrogens is 291 g/mol. The van der Waals surface area contributed by atoms with Gasteiger partial charge in [0.1, 0.15) is 5.82 Å². The average Bonchev–Trinajstić information content (AvgIpc) is 2.09. The zero-order chi connectivity index (χ0) is 10.9. The van der Waals surface area contributed by atoms with Crippen LogP contribution in [0.5, 0.6) is 0 Å². The summed E-state index contributed by atoms with van der Waals surface area (Å²) in [6.07, 6.45) is 0. The molecule has 76 valence electrons. The lowest BCUT2D eigenvalue weighted by Crippen LogP contribution is -2.19. The molecule has 6 heteroatoms. The highest BCUT2D eigenvalue weighted by atomic mass is 79.9. The van der Waals surface area contributed by atoms with Gasteiger partial charge in [-0.25, -0.2) is 4.39 Å². The predicted octanol–water partition coefficient (Wildman–Crippen LogP) is 3.21. The van der Waals surface area contributed by atoms with Crippen LogP contribution in [-0.2, 0) is 0 Å². The molecule has 1 rings (SSSR count). The highest BCUT2D eigenvalue weighted by Crippen LogP contribution is 2.34. The minimum absolute atomic E-state index is 0.0820. The fraction of sp³-hybridized carbons (Fsp3) is 0.125. The SMILES string of the molecule is Cc1c(F)cc(Cl)c(NC(N)=S)c1Br. The van der Waals surface area contributed by atoms with Gasteiger partial charge in [-0.3, -0.25) is 0 Å². The maximum absolute atomic E-state index is 13.2. The molecule has 1 aromatic rings. The van der Waals surface area contributed by atoms with Crippen LogP contribution in [0.4, 0.5) is 10.1 Å². The highest BCUT2D eigenvalue weighted by Gasteiger charge is 2.12. The zero-order valence-electron chi connectivity index (χ0n) is 7.20. The Hall–Kier alpha value is -0.390. The molecule has 3 N–H and O–H groups in total. The second-order valence-electron chi connectivity index (χ2n) is 2.64. The quantitative estimate of drug-likeness (QED) is 0.782. The van der Waals surface area contributed by atoms with Crippen molar-refractivity contribution in [2.75, 3.05) is 5.32 Å². The molecule has 2 nitrogen and oxygen atoms in total. The third-order valence-corrected chi connectivity index (χ3v) is 3.04. The summed E-state index contributed by atoms with van der Waals surface area (Å²) in [4.78, 5) is 0. The van der Waals surface area contributed by atoms with Gasteiger partial charge in [-0.1, -0.05) is 11.6 Å². The van der Waals surface area contributed by atoms with Gasteiger partial charge in [0.2, 0.25) is 0 Å². The minimum atomic E-state index is -0.379. The third kappa shape index (κ3) is 2.34. The average molecular weight is 298 g/mol. The third-order valence-electron chi connectivity index (χ3n) is 1.65. The van der Waals surface area contributed by atoms with E-state index in [0.717, 1.165) is 0 Å². The fourth-order valence-corrected chi connectivity index (χ4v) is 1.88. The van der Waals surface area contributed by atoms with Crippen molar-refractivity contribution < 1.29 is 4.39 Å². The fourth-order valence-electron chi connectivity index (χ4n) is 0.927. The van der Waals surface area contributed by atoms with Crippen molar-refractivity contribution in [3.05, 3.63) is 26.9 Å². The molecule has 0 aromatic heterocycles. The summed E-state index contributed by atoms with van der Waals surface area (Å²) in [5.41, 5.74) is 6.23. The van der Waals surface area contributed by atoms with Crippen LogP contribution in [0, 0.1) is 12.7 Å². The molecule has 14 heavy (non-hydrogen) atoms. The van der Waals surface area contributed by atoms with Crippen LogP contribution in [0.25, 0.3) is 0 Å². The summed E-state index contributed by atoms with van der Waals surface area (Å²) in [5.74, 6) is -0.379. The van der Waals surface area contributed by atoms with E-state index in [-0.39, 0.29) is 16.0 Å². The lowest BCUT2D eigenvalue weighted by atomic mass is 10.2. The van der Waals surface area contributed by atoms with Gasteiger partial charge in [0.05, 0.1) is 10.7 Å². The van der Waals surface area contributed by atoms with Crippen LogP contribution in [0.1, 0.15) is 5.56 Å². The molecule has 0 aliphatic heterocycles. The van der Waals surface area contributed by atoms with Gasteiger partial charge in [0.25, 0.3) is 0 Å². The molecule has 0 atom stereocenters. The highest BCUT2D eigenvalue weighted by molar-refractivity contribution is 9.10. The summed E-state index contributed by atoms with van der Waals surface area (Å²) in [5, 5.41) is 2.98. The van der Waals surface area contributed by atoms with Crippen LogP contribution in [0.3, 0.4) is 0 Å². The Morgan fingerprint density at radius 2 is 2.29 bits per heavy atom. The summed E-state index contributed by atoms with van der Waals surface area (Å²) < 4.78 is 13.7. The molecule has 0 fully saturated rings. The first-order valence-corrected chi connectivity index (χ1v) is 5.22. The molecule has 0 radical (unpaired) electrons. The molecule has 0 spiro atoms. The Labute approximate surface area is 99.7 Å². The number of hydrogen-bond donors (Lipinski definition) is 2. The van der Waals surface area contributed by atoms with Crippen LogP contribution in [-0.4, -0.2) is 5.11 Å². The lowest BCUT2D eigenvalue weighted by Gasteiger charge is -2.11. The topological polar surface area (TPSA) is 38.0 Å². The van der Waals surface area contributed by atoms with Crippen molar-refractivity contribution in [1.29, 1.82) is 0 Å². The van der Waals surface area contributed by atoms with Crippen LogP contribution < -0.4 is 11.1 Å². The molecule has 0 bridgehead atoms. The van der Waals surface area contributed by atoms with E-state index in [0.29, 0.717) is 15.7 Å². The standard InChI is InChI=1S/C8H7BrClFN2S/c1-3-5(11)2-4(10)7(6(3)9)13-8(12)14/h2H,1H3,(H3,12,13,14). The van der Waals surface area contributed by atoms with Crippen molar-refractivity contribution in [3.8, 4) is 0 Å². The normalized spacial score (nSPS) is 10.0. The first-order chi connectivity index (χ1) is 6.43. The van der Waals surface area contributed by atoms with Crippen molar-refractivity contribution in [2.24, 2.45) is 5.73 Å². The van der Waals surface area contributed by atoms with Gasteiger partial charge in [0.15, 0.2) is 5.11 Å². The number of nitrogens with two attached hydrogens (primary N) is 1. The van der Waals surface area contributed by atoms with Crippen LogP contribution >= 0.6 is 39.7 Å². The van der Waals surface area contributed by atoms with Gasteiger partial charge in [-0.15, -0.1) is 0 Å². The van der Waals surface area contributed by atoms with Gasteiger partial charge < -0.3 is 11.1 Å². The Morgan fingerprint density at radius 1 is 1.71 bits per heavy atom. The number of thiocarbonyl (C=S) groups is 1. The Morgan fingerprint density at radius 3 is 2.79 bits per heavy atom. The summed E-state index contributed by atoms with van der Waals surface area (Å²) in [7, 11) is 0. The molecule has 0 heterocycles.